The highest BCUT2D eigenvalue weighted by Crippen LogP contribution is 2.28. The Hall–Kier alpha value is -2.46. The molecule has 0 radical (unpaired) electrons. The predicted molar refractivity (Wildman–Crippen MR) is 117 cm³/mol. The number of likely N-dealkylation sites (N-methyl/N-ethyl adjacent to an activating group) is 1. The lowest BCUT2D eigenvalue weighted by atomic mass is 10.1. The summed E-state index contributed by atoms with van der Waals surface area (Å²) in [5, 5.41) is 2.49. The maximum atomic E-state index is 13.2. The number of hydrogen-bond donors (Lipinski definition) is 1. The smallest absolute Gasteiger partial charge is 0.244 e. The van der Waals surface area contributed by atoms with Gasteiger partial charge in [-0.1, -0.05) is 24.3 Å². The third kappa shape index (κ3) is 6.02. The maximum absolute atomic E-state index is 13.2. The number of sulfonamides is 1. The highest BCUT2D eigenvalue weighted by atomic mass is 79.9. The van der Waals surface area contributed by atoms with Gasteiger partial charge < -0.3 is 10.2 Å². The van der Waals surface area contributed by atoms with Crippen LogP contribution in [0.3, 0.4) is 0 Å². The number of rotatable bonds is 8. The van der Waals surface area contributed by atoms with Crippen LogP contribution in [0.15, 0.2) is 53.0 Å². The number of carbonyl (C=O) groups excluding carboxylic acids is 2. The fourth-order valence-corrected chi connectivity index (χ4v) is 4.30. The summed E-state index contributed by atoms with van der Waals surface area (Å²) >= 11 is 3.31. The van der Waals surface area contributed by atoms with Crippen molar-refractivity contribution in [1.82, 2.24) is 10.2 Å². The Morgan fingerprint density at radius 3 is 2.27 bits per heavy atom. The Labute approximate surface area is 184 Å². The van der Waals surface area contributed by atoms with Gasteiger partial charge in [0.25, 0.3) is 0 Å². The molecule has 0 bridgehead atoms. The first-order chi connectivity index (χ1) is 14.0. The summed E-state index contributed by atoms with van der Waals surface area (Å²) in [4.78, 5) is 26.6. The van der Waals surface area contributed by atoms with Crippen molar-refractivity contribution >= 4 is 43.5 Å². The summed E-state index contributed by atoms with van der Waals surface area (Å²) in [6.45, 7) is 1.06. The van der Waals surface area contributed by atoms with Gasteiger partial charge in [-0.05, 0) is 52.7 Å². The second-order valence-electron chi connectivity index (χ2n) is 6.66. The number of nitrogens with one attached hydrogen (secondary N) is 1. The Morgan fingerprint density at radius 2 is 1.73 bits per heavy atom. The number of amides is 2. The van der Waals surface area contributed by atoms with Crippen molar-refractivity contribution < 1.29 is 22.4 Å². The number of carbonyl (C=O) groups is 2. The molecule has 0 fully saturated rings. The minimum absolute atomic E-state index is 0.0151. The van der Waals surface area contributed by atoms with Crippen LogP contribution in [-0.4, -0.2) is 51.0 Å². The van der Waals surface area contributed by atoms with E-state index in [1.165, 1.54) is 36.2 Å². The van der Waals surface area contributed by atoms with Gasteiger partial charge in [-0.15, -0.1) is 0 Å². The van der Waals surface area contributed by atoms with E-state index in [2.05, 4.69) is 21.2 Å². The zero-order chi connectivity index (χ0) is 22.5. The highest BCUT2D eigenvalue weighted by molar-refractivity contribution is 9.10. The number of nitrogens with zero attached hydrogens (tertiary/aromatic N) is 2. The molecule has 0 aliphatic carbocycles. The lowest BCUT2D eigenvalue weighted by Crippen LogP contribution is -2.50. The van der Waals surface area contributed by atoms with E-state index >= 15 is 0 Å². The molecule has 2 rings (SSSR count). The molecule has 1 N–H and O–H groups in total. The van der Waals surface area contributed by atoms with Crippen molar-refractivity contribution in [3.63, 3.8) is 0 Å². The SMILES string of the molecule is CNC(=O)[C@@H](C)N(Cc1ccc(F)cc1)C(=O)CN(c1ccccc1Br)S(C)(=O)=O. The van der Waals surface area contributed by atoms with Crippen molar-refractivity contribution in [2.45, 2.75) is 19.5 Å². The molecule has 10 heteroatoms. The summed E-state index contributed by atoms with van der Waals surface area (Å²) in [5.74, 6) is -1.40. The van der Waals surface area contributed by atoms with Crippen molar-refractivity contribution in [2.75, 3.05) is 24.2 Å². The summed E-state index contributed by atoms with van der Waals surface area (Å²) < 4.78 is 39.5. The van der Waals surface area contributed by atoms with E-state index in [0.717, 1.165) is 10.6 Å². The van der Waals surface area contributed by atoms with Crippen LogP contribution in [0.5, 0.6) is 0 Å². The second-order valence-corrected chi connectivity index (χ2v) is 9.42. The zero-order valence-corrected chi connectivity index (χ0v) is 19.2. The molecule has 0 saturated carbocycles. The fourth-order valence-electron chi connectivity index (χ4n) is 2.83. The molecular formula is C20H23BrFN3O4S. The highest BCUT2D eigenvalue weighted by Gasteiger charge is 2.30. The van der Waals surface area contributed by atoms with Crippen LogP contribution in [0.4, 0.5) is 10.1 Å². The number of para-hydroxylation sites is 1. The molecule has 0 saturated heterocycles. The van der Waals surface area contributed by atoms with Crippen LogP contribution in [0, 0.1) is 5.82 Å². The van der Waals surface area contributed by atoms with Crippen LogP contribution >= 0.6 is 15.9 Å². The Kier molecular flexibility index (Phi) is 7.96. The summed E-state index contributed by atoms with van der Waals surface area (Å²) in [6, 6.07) is 11.3. The minimum Gasteiger partial charge on any atom is -0.357 e. The number of anilines is 1. The van der Waals surface area contributed by atoms with Gasteiger partial charge in [-0.3, -0.25) is 13.9 Å². The predicted octanol–water partition coefficient (Wildman–Crippen LogP) is 2.52. The van der Waals surface area contributed by atoms with Crippen LogP contribution in [0.1, 0.15) is 12.5 Å². The lowest BCUT2D eigenvalue weighted by Gasteiger charge is -2.31. The van der Waals surface area contributed by atoms with E-state index in [-0.39, 0.29) is 6.54 Å². The number of benzene rings is 2. The molecule has 2 amide bonds. The molecule has 2 aromatic rings. The van der Waals surface area contributed by atoms with Crippen molar-refractivity contribution in [3.8, 4) is 0 Å². The summed E-state index contributed by atoms with van der Waals surface area (Å²) in [6.07, 6.45) is 1.01. The molecule has 0 aliphatic heterocycles. The van der Waals surface area contributed by atoms with Crippen molar-refractivity contribution in [3.05, 3.63) is 64.4 Å². The quantitative estimate of drug-likeness (QED) is 0.604. The van der Waals surface area contributed by atoms with Crippen LogP contribution in [0.2, 0.25) is 0 Å². The van der Waals surface area contributed by atoms with Gasteiger partial charge in [0.15, 0.2) is 0 Å². The molecule has 0 aliphatic rings. The lowest BCUT2D eigenvalue weighted by molar-refractivity contribution is -0.139. The van der Waals surface area contributed by atoms with E-state index in [0.29, 0.717) is 15.7 Å². The van der Waals surface area contributed by atoms with Crippen LogP contribution < -0.4 is 9.62 Å². The van der Waals surface area contributed by atoms with Gasteiger partial charge in [0.2, 0.25) is 21.8 Å². The normalized spacial score (nSPS) is 12.2. The Bertz CT molecular complexity index is 1010. The van der Waals surface area contributed by atoms with E-state index in [1.54, 1.807) is 31.2 Å². The summed E-state index contributed by atoms with van der Waals surface area (Å²) in [7, 11) is -2.35. The molecule has 30 heavy (non-hydrogen) atoms. The average Bonchev–Trinajstić information content (AvgIpc) is 2.70. The molecular weight excluding hydrogens is 477 g/mol. The van der Waals surface area contributed by atoms with Gasteiger partial charge in [0.05, 0.1) is 11.9 Å². The van der Waals surface area contributed by atoms with Crippen LogP contribution in [0.25, 0.3) is 0 Å². The third-order valence-electron chi connectivity index (χ3n) is 4.48. The molecule has 162 valence electrons. The number of hydrogen-bond acceptors (Lipinski definition) is 4. The maximum Gasteiger partial charge on any atom is 0.244 e. The standard InChI is InChI=1S/C20H23BrFN3O4S/c1-14(20(27)23-2)24(12-15-8-10-16(22)11-9-15)19(26)13-25(30(3,28)29)18-7-5-4-6-17(18)21/h4-11,14H,12-13H2,1-3H3,(H,23,27)/t14-/m1/s1. The molecule has 0 spiro atoms. The molecule has 0 unspecified atom stereocenters. The third-order valence-corrected chi connectivity index (χ3v) is 6.28. The van der Waals surface area contributed by atoms with Gasteiger partial charge in [-0.2, -0.15) is 0 Å². The van der Waals surface area contributed by atoms with Crippen LogP contribution in [-0.2, 0) is 26.2 Å². The molecule has 2 aromatic carbocycles. The molecule has 0 aromatic heterocycles. The Balaban J connectivity index is 2.38. The first-order valence-corrected chi connectivity index (χ1v) is 11.7. The first-order valence-electron chi connectivity index (χ1n) is 9.02. The van der Waals surface area contributed by atoms with E-state index in [1.807, 2.05) is 0 Å². The van der Waals surface area contributed by atoms with Gasteiger partial charge in [0, 0.05) is 18.1 Å². The topological polar surface area (TPSA) is 86.8 Å². The van der Waals surface area contributed by atoms with Gasteiger partial charge in [0.1, 0.15) is 18.4 Å². The Morgan fingerprint density at radius 1 is 1.13 bits per heavy atom. The van der Waals surface area contributed by atoms with Crippen molar-refractivity contribution in [2.24, 2.45) is 0 Å². The zero-order valence-electron chi connectivity index (χ0n) is 16.8. The molecule has 1 atom stereocenters. The van der Waals surface area contributed by atoms with Crippen molar-refractivity contribution in [1.29, 1.82) is 0 Å². The van der Waals surface area contributed by atoms with Gasteiger partial charge in [-0.25, -0.2) is 12.8 Å². The molecule has 7 nitrogen and oxygen atoms in total. The van der Waals surface area contributed by atoms with Gasteiger partial charge >= 0.3 is 0 Å². The first kappa shape index (κ1) is 23.8. The largest absolute Gasteiger partial charge is 0.357 e. The summed E-state index contributed by atoms with van der Waals surface area (Å²) in [5.41, 5.74) is 0.912. The van der Waals surface area contributed by atoms with E-state index < -0.39 is 40.2 Å². The van der Waals surface area contributed by atoms with E-state index in [9.17, 15) is 22.4 Å². The molecule has 0 heterocycles. The fraction of sp³-hybridized carbons (Fsp3) is 0.300. The average molecular weight is 500 g/mol. The number of halogens is 2. The minimum atomic E-state index is -3.79. The van der Waals surface area contributed by atoms with E-state index in [4.69, 9.17) is 0 Å². The second kappa shape index (κ2) is 10.0. The monoisotopic (exact) mass is 499 g/mol.